The third-order valence-electron chi connectivity index (χ3n) is 5.93. The fraction of sp³-hybridized carbons (Fsp3) is 0.310. The van der Waals surface area contributed by atoms with E-state index in [2.05, 4.69) is 4.98 Å². The lowest BCUT2D eigenvalue weighted by atomic mass is 9.99. The van der Waals surface area contributed by atoms with Crippen molar-refractivity contribution in [2.75, 3.05) is 39.4 Å². The molecule has 0 aliphatic carbocycles. The summed E-state index contributed by atoms with van der Waals surface area (Å²) in [5.74, 6) is 1.95. The van der Waals surface area contributed by atoms with Crippen molar-refractivity contribution >= 4 is 17.8 Å². The fourth-order valence-electron chi connectivity index (χ4n) is 4.07. The standard InChI is InChI=1S/C29H32N2O6/c1-29(2)16-15-21-23(37-29)12-11-22(26(21)34-4)28(32)31(17-18-36-19-20-9-7-6-8-10-20)25-14-13-24(33-3)27(30-25)35-5/h6-16H,17-19H2,1-5H3. The Hall–Kier alpha value is -4.04. The molecular weight excluding hydrogens is 472 g/mol. The van der Waals surface area contributed by atoms with Crippen LogP contribution in [0.25, 0.3) is 6.08 Å². The predicted octanol–water partition coefficient (Wildman–Crippen LogP) is 5.16. The van der Waals surface area contributed by atoms with Crippen LogP contribution >= 0.6 is 0 Å². The number of carbonyl (C=O) groups is 1. The van der Waals surface area contributed by atoms with E-state index >= 15 is 0 Å². The molecular formula is C29H32N2O6. The molecule has 0 bridgehead atoms. The van der Waals surface area contributed by atoms with Gasteiger partial charge >= 0.3 is 0 Å². The second kappa shape index (κ2) is 11.3. The Bertz CT molecular complexity index is 1270. The third kappa shape index (κ3) is 5.86. The molecule has 8 nitrogen and oxygen atoms in total. The van der Waals surface area contributed by atoms with Gasteiger partial charge < -0.3 is 23.7 Å². The van der Waals surface area contributed by atoms with Crippen LogP contribution < -0.4 is 23.8 Å². The first-order valence-corrected chi connectivity index (χ1v) is 12.0. The average molecular weight is 505 g/mol. The van der Waals surface area contributed by atoms with Crippen LogP contribution in [0.2, 0.25) is 0 Å². The van der Waals surface area contributed by atoms with Gasteiger partial charge in [0, 0.05) is 0 Å². The van der Waals surface area contributed by atoms with E-state index in [1.165, 1.54) is 14.2 Å². The molecule has 0 unspecified atom stereocenters. The summed E-state index contributed by atoms with van der Waals surface area (Å²) in [6.07, 6.45) is 3.87. The van der Waals surface area contributed by atoms with E-state index in [4.69, 9.17) is 23.7 Å². The molecule has 1 aliphatic heterocycles. The largest absolute Gasteiger partial charge is 0.495 e. The summed E-state index contributed by atoms with van der Waals surface area (Å²) < 4.78 is 28.4. The number of anilines is 1. The van der Waals surface area contributed by atoms with Gasteiger partial charge in [-0.15, -0.1) is 0 Å². The Morgan fingerprint density at radius 3 is 2.46 bits per heavy atom. The lowest BCUT2D eigenvalue weighted by Crippen LogP contribution is -2.35. The predicted molar refractivity (Wildman–Crippen MR) is 142 cm³/mol. The van der Waals surface area contributed by atoms with Gasteiger partial charge in [-0.05, 0) is 55.8 Å². The van der Waals surface area contributed by atoms with Crippen molar-refractivity contribution in [3.8, 4) is 23.1 Å². The number of methoxy groups -OCH3 is 3. The highest BCUT2D eigenvalue weighted by Crippen LogP contribution is 2.40. The zero-order chi connectivity index (χ0) is 26.4. The van der Waals surface area contributed by atoms with Crippen molar-refractivity contribution in [3.05, 3.63) is 77.4 Å². The Morgan fingerprint density at radius 2 is 1.76 bits per heavy atom. The number of carbonyl (C=O) groups excluding carboxylic acids is 1. The molecule has 0 saturated carbocycles. The van der Waals surface area contributed by atoms with Crippen molar-refractivity contribution in [3.63, 3.8) is 0 Å². The number of fused-ring (bicyclic) bond motifs is 1. The number of pyridine rings is 1. The van der Waals surface area contributed by atoms with Crippen LogP contribution in [-0.2, 0) is 11.3 Å². The van der Waals surface area contributed by atoms with E-state index in [1.807, 2.05) is 56.3 Å². The first kappa shape index (κ1) is 26.0. The summed E-state index contributed by atoms with van der Waals surface area (Å²) in [7, 11) is 4.58. The number of aromatic nitrogens is 1. The first-order chi connectivity index (χ1) is 17.9. The SMILES string of the molecule is COc1ccc(N(CCOCc2ccccc2)C(=O)c2ccc3c(c2OC)C=CC(C)(C)O3)nc1OC. The van der Waals surface area contributed by atoms with E-state index in [-0.39, 0.29) is 18.3 Å². The van der Waals surface area contributed by atoms with E-state index < -0.39 is 5.60 Å². The molecule has 3 aromatic rings. The van der Waals surface area contributed by atoms with Gasteiger partial charge in [0.1, 0.15) is 22.9 Å². The normalized spacial score (nSPS) is 13.3. The molecule has 1 aliphatic rings. The highest BCUT2D eigenvalue weighted by molar-refractivity contribution is 6.08. The fourth-order valence-corrected chi connectivity index (χ4v) is 4.07. The maximum atomic E-state index is 14.0. The molecule has 37 heavy (non-hydrogen) atoms. The minimum Gasteiger partial charge on any atom is -0.495 e. The second-order valence-corrected chi connectivity index (χ2v) is 8.97. The van der Waals surface area contributed by atoms with Crippen molar-refractivity contribution in [1.29, 1.82) is 0 Å². The molecule has 0 spiro atoms. The van der Waals surface area contributed by atoms with Gasteiger partial charge in [-0.25, -0.2) is 0 Å². The Morgan fingerprint density at radius 1 is 0.973 bits per heavy atom. The average Bonchev–Trinajstić information content (AvgIpc) is 2.91. The Labute approximate surface area is 217 Å². The smallest absolute Gasteiger partial charge is 0.263 e. The minimum absolute atomic E-state index is 0.258. The maximum absolute atomic E-state index is 14.0. The molecule has 4 rings (SSSR count). The molecule has 0 radical (unpaired) electrons. The van der Waals surface area contributed by atoms with Crippen LogP contribution in [0.4, 0.5) is 5.82 Å². The molecule has 2 aromatic carbocycles. The minimum atomic E-state index is -0.449. The van der Waals surface area contributed by atoms with Gasteiger partial charge in [0.25, 0.3) is 11.8 Å². The van der Waals surface area contributed by atoms with Gasteiger partial charge in [-0.1, -0.05) is 30.3 Å². The lowest BCUT2D eigenvalue weighted by molar-refractivity contribution is 0.0945. The summed E-state index contributed by atoms with van der Waals surface area (Å²) in [6, 6.07) is 16.8. The maximum Gasteiger partial charge on any atom is 0.263 e. The van der Waals surface area contributed by atoms with Crippen LogP contribution in [-0.4, -0.2) is 51.0 Å². The van der Waals surface area contributed by atoms with Crippen LogP contribution in [0.3, 0.4) is 0 Å². The van der Waals surface area contributed by atoms with E-state index in [1.54, 1.807) is 36.3 Å². The van der Waals surface area contributed by atoms with Gasteiger partial charge in [-0.3, -0.25) is 9.69 Å². The Balaban J connectivity index is 1.65. The molecule has 0 saturated heterocycles. The molecule has 8 heteroatoms. The number of hydrogen-bond donors (Lipinski definition) is 0. The van der Waals surface area contributed by atoms with Crippen LogP contribution in [0.5, 0.6) is 23.1 Å². The number of amides is 1. The molecule has 194 valence electrons. The highest BCUT2D eigenvalue weighted by atomic mass is 16.5. The number of hydrogen-bond acceptors (Lipinski definition) is 7. The van der Waals surface area contributed by atoms with E-state index in [9.17, 15) is 4.79 Å². The van der Waals surface area contributed by atoms with Gasteiger partial charge in [0.2, 0.25) is 0 Å². The number of benzene rings is 2. The van der Waals surface area contributed by atoms with E-state index in [0.29, 0.717) is 47.4 Å². The molecule has 0 fully saturated rings. The zero-order valence-electron chi connectivity index (χ0n) is 21.8. The molecule has 1 aromatic heterocycles. The molecule has 2 heterocycles. The van der Waals surface area contributed by atoms with Crippen molar-refractivity contribution in [2.45, 2.75) is 26.1 Å². The van der Waals surface area contributed by atoms with Gasteiger partial charge in [-0.2, -0.15) is 4.98 Å². The van der Waals surface area contributed by atoms with Crippen LogP contribution in [0.15, 0.2) is 60.7 Å². The zero-order valence-corrected chi connectivity index (χ0v) is 21.8. The second-order valence-electron chi connectivity index (χ2n) is 8.97. The van der Waals surface area contributed by atoms with Gasteiger partial charge in [0.05, 0.1) is 52.2 Å². The monoisotopic (exact) mass is 504 g/mol. The molecule has 0 N–H and O–H groups in total. The van der Waals surface area contributed by atoms with Crippen LogP contribution in [0.1, 0.15) is 35.3 Å². The first-order valence-electron chi connectivity index (χ1n) is 12.0. The molecule has 1 amide bonds. The lowest BCUT2D eigenvalue weighted by Gasteiger charge is -2.30. The van der Waals surface area contributed by atoms with Crippen molar-refractivity contribution in [2.24, 2.45) is 0 Å². The van der Waals surface area contributed by atoms with E-state index in [0.717, 1.165) is 5.56 Å². The summed E-state index contributed by atoms with van der Waals surface area (Å²) in [5, 5.41) is 0. The highest BCUT2D eigenvalue weighted by Gasteiger charge is 2.29. The van der Waals surface area contributed by atoms with Crippen molar-refractivity contribution < 1.29 is 28.5 Å². The van der Waals surface area contributed by atoms with Gasteiger partial charge in [0.15, 0.2) is 5.75 Å². The quantitative estimate of drug-likeness (QED) is 0.353. The van der Waals surface area contributed by atoms with Crippen molar-refractivity contribution in [1.82, 2.24) is 4.98 Å². The molecule has 0 atom stereocenters. The summed E-state index contributed by atoms with van der Waals surface area (Å²) in [6.45, 7) is 4.92. The Kier molecular flexibility index (Phi) is 7.98. The topological polar surface area (TPSA) is 79.4 Å². The third-order valence-corrected chi connectivity index (χ3v) is 5.93. The van der Waals surface area contributed by atoms with Crippen LogP contribution in [0, 0.1) is 0 Å². The number of rotatable bonds is 10. The summed E-state index contributed by atoms with van der Waals surface area (Å²) in [4.78, 5) is 20.1. The summed E-state index contributed by atoms with van der Waals surface area (Å²) in [5.41, 5.74) is 1.70. The number of nitrogens with zero attached hydrogens (tertiary/aromatic N) is 2. The number of ether oxygens (including phenoxy) is 5. The summed E-state index contributed by atoms with van der Waals surface area (Å²) >= 11 is 0.